The van der Waals surface area contributed by atoms with Gasteiger partial charge in [-0.25, -0.2) is 4.99 Å². The van der Waals surface area contributed by atoms with E-state index in [4.69, 9.17) is 0 Å². The van der Waals surface area contributed by atoms with Gasteiger partial charge in [-0.3, -0.25) is 0 Å². The molecule has 0 unspecified atom stereocenters. The van der Waals surface area contributed by atoms with Crippen LogP contribution < -0.4 is 10.6 Å². The van der Waals surface area contributed by atoms with Crippen LogP contribution in [0.4, 0.5) is 0 Å². The second-order valence-electron chi connectivity index (χ2n) is 4.74. The summed E-state index contributed by atoms with van der Waals surface area (Å²) in [5, 5.41) is 14.7. The van der Waals surface area contributed by atoms with Crippen molar-refractivity contribution < 1.29 is 0 Å². The van der Waals surface area contributed by atoms with Crippen LogP contribution in [0.15, 0.2) is 4.99 Å². The number of hydrogen-bond donors (Lipinski definition) is 2. The van der Waals surface area contributed by atoms with Crippen LogP contribution in [0.1, 0.15) is 31.4 Å². The molecule has 0 saturated heterocycles. The number of aromatic nitrogens is 3. The van der Waals surface area contributed by atoms with Gasteiger partial charge >= 0.3 is 0 Å². The van der Waals surface area contributed by atoms with Gasteiger partial charge in [0.25, 0.3) is 0 Å². The van der Waals surface area contributed by atoms with Crippen molar-refractivity contribution >= 4 is 5.96 Å². The first-order valence-electron chi connectivity index (χ1n) is 6.57. The SMILES string of the molecule is CCNC(=NCc1nnc(C)n1C)NCC1CC1. The molecule has 2 N–H and O–H groups in total. The molecule has 1 heterocycles. The Kier molecular flexibility index (Phi) is 4.17. The number of guanidine groups is 1. The van der Waals surface area contributed by atoms with Gasteiger partial charge in [-0.1, -0.05) is 0 Å². The fraction of sp³-hybridized carbons (Fsp3) is 0.750. The van der Waals surface area contributed by atoms with Crippen molar-refractivity contribution in [1.82, 2.24) is 25.4 Å². The normalized spacial score (nSPS) is 15.8. The molecule has 0 radical (unpaired) electrons. The highest BCUT2D eigenvalue weighted by Crippen LogP contribution is 2.27. The standard InChI is InChI=1S/C12H22N6/c1-4-13-12(14-7-10-5-6-10)15-8-11-17-16-9(2)18(11)3/h10H,4-8H2,1-3H3,(H2,13,14,15). The Morgan fingerprint density at radius 2 is 2.17 bits per heavy atom. The molecule has 1 aliphatic carbocycles. The zero-order chi connectivity index (χ0) is 13.0. The lowest BCUT2D eigenvalue weighted by atomic mass is 10.4. The molecular weight excluding hydrogens is 228 g/mol. The number of rotatable bonds is 5. The van der Waals surface area contributed by atoms with Crippen molar-refractivity contribution in [2.45, 2.75) is 33.2 Å². The molecule has 2 rings (SSSR count). The van der Waals surface area contributed by atoms with E-state index in [9.17, 15) is 0 Å². The topological polar surface area (TPSA) is 67.1 Å². The predicted molar refractivity (Wildman–Crippen MR) is 71.3 cm³/mol. The number of aliphatic imine (C=N–C) groups is 1. The first-order valence-corrected chi connectivity index (χ1v) is 6.57. The first-order chi connectivity index (χ1) is 8.70. The Morgan fingerprint density at radius 1 is 1.39 bits per heavy atom. The molecule has 6 nitrogen and oxygen atoms in total. The van der Waals surface area contributed by atoms with Crippen LogP contribution in [0.3, 0.4) is 0 Å². The maximum absolute atomic E-state index is 4.53. The van der Waals surface area contributed by atoms with E-state index >= 15 is 0 Å². The summed E-state index contributed by atoms with van der Waals surface area (Å²) in [6.07, 6.45) is 2.68. The number of aryl methyl sites for hydroxylation is 1. The fourth-order valence-electron chi connectivity index (χ4n) is 1.64. The molecule has 1 aliphatic rings. The van der Waals surface area contributed by atoms with E-state index in [0.29, 0.717) is 6.54 Å². The van der Waals surface area contributed by atoms with Gasteiger partial charge in [-0.2, -0.15) is 0 Å². The summed E-state index contributed by atoms with van der Waals surface area (Å²) >= 11 is 0. The minimum Gasteiger partial charge on any atom is -0.357 e. The molecule has 1 aromatic heterocycles. The Bertz CT molecular complexity index is 418. The highest BCUT2D eigenvalue weighted by Gasteiger charge is 2.21. The summed E-state index contributed by atoms with van der Waals surface area (Å²) in [6, 6.07) is 0. The summed E-state index contributed by atoms with van der Waals surface area (Å²) < 4.78 is 1.97. The van der Waals surface area contributed by atoms with Crippen LogP contribution in [0.2, 0.25) is 0 Å². The molecule has 0 atom stereocenters. The van der Waals surface area contributed by atoms with E-state index in [-0.39, 0.29) is 0 Å². The molecule has 0 spiro atoms. The third-order valence-corrected chi connectivity index (χ3v) is 3.16. The van der Waals surface area contributed by atoms with Crippen LogP contribution in [-0.2, 0) is 13.6 Å². The third-order valence-electron chi connectivity index (χ3n) is 3.16. The number of nitrogens with one attached hydrogen (secondary N) is 2. The van der Waals surface area contributed by atoms with Gasteiger partial charge < -0.3 is 15.2 Å². The van der Waals surface area contributed by atoms with E-state index in [1.807, 2.05) is 18.5 Å². The summed E-state index contributed by atoms with van der Waals surface area (Å²) in [5.41, 5.74) is 0. The Morgan fingerprint density at radius 3 is 2.72 bits per heavy atom. The summed E-state index contributed by atoms with van der Waals surface area (Å²) in [7, 11) is 1.96. The zero-order valence-electron chi connectivity index (χ0n) is 11.4. The smallest absolute Gasteiger partial charge is 0.191 e. The fourth-order valence-corrected chi connectivity index (χ4v) is 1.64. The lowest BCUT2D eigenvalue weighted by Gasteiger charge is -2.10. The molecule has 18 heavy (non-hydrogen) atoms. The summed E-state index contributed by atoms with van der Waals surface area (Å²) in [5.74, 6) is 3.50. The van der Waals surface area contributed by atoms with Crippen LogP contribution in [0.25, 0.3) is 0 Å². The van der Waals surface area contributed by atoms with E-state index in [1.165, 1.54) is 12.8 Å². The number of hydrogen-bond acceptors (Lipinski definition) is 3. The molecular formula is C12H22N6. The van der Waals surface area contributed by atoms with Gasteiger partial charge in [-0.15, -0.1) is 10.2 Å². The average Bonchev–Trinajstić information content (AvgIpc) is 3.13. The second kappa shape index (κ2) is 5.84. The zero-order valence-corrected chi connectivity index (χ0v) is 11.4. The van der Waals surface area contributed by atoms with Gasteiger partial charge in [0.15, 0.2) is 11.8 Å². The van der Waals surface area contributed by atoms with Crippen LogP contribution in [0, 0.1) is 12.8 Å². The third kappa shape index (κ3) is 3.45. The minimum absolute atomic E-state index is 0.553. The van der Waals surface area contributed by atoms with Crippen molar-refractivity contribution in [3.8, 4) is 0 Å². The van der Waals surface area contributed by atoms with Gasteiger partial charge in [0, 0.05) is 20.1 Å². The van der Waals surface area contributed by atoms with Crippen molar-refractivity contribution in [1.29, 1.82) is 0 Å². The summed E-state index contributed by atoms with van der Waals surface area (Å²) in [6.45, 7) is 6.45. The molecule has 100 valence electrons. The highest BCUT2D eigenvalue weighted by molar-refractivity contribution is 5.79. The molecule has 0 amide bonds. The predicted octanol–water partition coefficient (Wildman–Crippen LogP) is 0.589. The van der Waals surface area contributed by atoms with Gasteiger partial charge in [0.1, 0.15) is 12.4 Å². The Balaban J connectivity index is 1.91. The second-order valence-corrected chi connectivity index (χ2v) is 4.74. The average molecular weight is 250 g/mol. The van der Waals surface area contributed by atoms with Crippen LogP contribution in [0.5, 0.6) is 0 Å². The largest absolute Gasteiger partial charge is 0.357 e. The molecule has 0 aromatic carbocycles. The highest BCUT2D eigenvalue weighted by atomic mass is 15.3. The Hall–Kier alpha value is -1.59. The lowest BCUT2D eigenvalue weighted by molar-refractivity contribution is 0.726. The lowest BCUT2D eigenvalue weighted by Crippen LogP contribution is -2.38. The summed E-state index contributed by atoms with van der Waals surface area (Å²) in [4.78, 5) is 4.53. The molecule has 0 bridgehead atoms. The maximum Gasteiger partial charge on any atom is 0.191 e. The van der Waals surface area contributed by atoms with Crippen molar-refractivity contribution in [3.63, 3.8) is 0 Å². The first kappa shape index (κ1) is 12.9. The molecule has 1 fully saturated rings. The van der Waals surface area contributed by atoms with E-state index in [2.05, 4.69) is 32.7 Å². The molecule has 1 saturated carbocycles. The van der Waals surface area contributed by atoms with Crippen molar-refractivity contribution in [3.05, 3.63) is 11.6 Å². The van der Waals surface area contributed by atoms with Crippen LogP contribution >= 0.6 is 0 Å². The van der Waals surface area contributed by atoms with Crippen LogP contribution in [-0.4, -0.2) is 33.8 Å². The number of nitrogens with zero attached hydrogens (tertiary/aromatic N) is 4. The molecule has 6 heteroatoms. The van der Waals surface area contributed by atoms with Crippen molar-refractivity contribution in [2.75, 3.05) is 13.1 Å². The minimum atomic E-state index is 0.553. The molecule has 1 aromatic rings. The quantitative estimate of drug-likeness (QED) is 0.593. The van der Waals surface area contributed by atoms with Gasteiger partial charge in [-0.05, 0) is 32.6 Å². The molecule has 0 aliphatic heterocycles. The Labute approximate surface area is 108 Å². The maximum atomic E-state index is 4.53. The van der Waals surface area contributed by atoms with E-state index < -0.39 is 0 Å². The van der Waals surface area contributed by atoms with Crippen molar-refractivity contribution in [2.24, 2.45) is 18.0 Å². The van der Waals surface area contributed by atoms with Gasteiger partial charge in [0.2, 0.25) is 0 Å². The monoisotopic (exact) mass is 250 g/mol. The van der Waals surface area contributed by atoms with E-state index in [0.717, 1.165) is 36.6 Å². The van der Waals surface area contributed by atoms with Gasteiger partial charge in [0.05, 0.1) is 0 Å². The van der Waals surface area contributed by atoms with E-state index in [1.54, 1.807) is 0 Å².